The molecule has 0 amide bonds. The number of amidine groups is 1. The van der Waals surface area contributed by atoms with Gasteiger partial charge in [0.2, 0.25) is 0 Å². The minimum Gasteiger partial charge on any atom is -0.456 e. The predicted molar refractivity (Wildman–Crippen MR) is 238 cm³/mol. The topological polar surface area (TPSA) is 37.9 Å². The standard InChI is InChI=1S/C54H36N2O/c1-3-12-35(13-4-1)39-18-11-19-43(29-39)48-32-46(33-52-53(48)47-20-9-10-21-51(47)57-52)54-55-49(44-26-22-37-16-7-8-17-38(37)30-44)34-50(56-54)45-27-25-41-28-40(23-24-42(41)31-45)36-14-5-2-6-15-36/h1-33,49H,34H2. The van der Waals surface area contributed by atoms with Crippen LogP contribution in [0.4, 0.5) is 0 Å². The molecule has 10 aromatic rings. The van der Waals surface area contributed by atoms with Crippen LogP contribution in [0.25, 0.3) is 76.9 Å². The molecule has 57 heavy (non-hydrogen) atoms. The van der Waals surface area contributed by atoms with E-state index in [9.17, 15) is 0 Å². The van der Waals surface area contributed by atoms with Crippen LogP contribution in [0.3, 0.4) is 0 Å². The van der Waals surface area contributed by atoms with Crippen molar-refractivity contribution in [3.05, 3.63) is 217 Å². The molecule has 0 saturated heterocycles. The number of benzene rings is 9. The van der Waals surface area contributed by atoms with Gasteiger partial charge < -0.3 is 4.42 Å². The van der Waals surface area contributed by atoms with E-state index in [1.807, 2.05) is 12.1 Å². The number of aliphatic imine (C=N–C) groups is 2. The summed E-state index contributed by atoms with van der Waals surface area (Å²) in [6.45, 7) is 0. The Labute approximate surface area is 330 Å². The van der Waals surface area contributed by atoms with Crippen LogP contribution in [0.15, 0.2) is 215 Å². The predicted octanol–water partition coefficient (Wildman–Crippen LogP) is 14.3. The Kier molecular flexibility index (Phi) is 7.96. The van der Waals surface area contributed by atoms with Crippen LogP contribution in [0.1, 0.15) is 29.2 Å². The zero-order chi connectivity index (χ0) is 37.7. The molecule has 9 aromatic carbocycles. The van der Waals surface area contributed by atoms with Crippen molar-refractivity contribution in [1.82, 2.24) is 0 Å². The number of para-hydroxylation sites is 1. The zero-order valence-electron chi connectivity index (χ0n) is 31.1. The van der Waals surface area contributed by atoms with Gasteiger partial charge in [0.25, 0.3) is 0 Å². The van der Waals surface area contributed by atoms with E-state index in [0.29, 0.717) is 12.3 Å². The maximum atomic E-state index is 6.62. The van der Waals surface area contributed by atoms with Crippen LogP contribution in [-0.2, 0) is 0 Å². The fourth-order valence-electron chi connectivity index (χ4n) is 8.45. The number of fused-ring (bicyclic) bond motifs is 5. The van der Waals surface area contributed by atoms with Crippen molar-refractivity contribution in [2.75, 3.05) is 0 Å². The van der Waals surface area contributed by atoms with E-state index in [2.05, 4.69) is 188 Å². The van der Waals surface area contributed by atoms with E-state index >= 15 is 0 Å². The Morgan fingerprint density at radius 1 is 0.404 bits per heavy atom. The van der Waals surface area contributed by atoms with Crippen LogP contribution in [-0.4, -0.2) is 11.5 Å². The van der Waals surface area contributed by atoms with Crippen LogP contribution >= 0.6 is 0 Å². The van der Waals surface area contributed by atoms with Crippen LogP contribution < -0.4 is 0 Å². The number of nitrogens with zero attached hydrogens (tertiary/aromatic N) is 2. The second kappa shape index (κ2) is 13.7. The third kappa shape index (κ3) is 6.11. The second-order valence-corrected chi connectivity index (χ2v) is 14.9. The molecule has 1 unspecified atom stereocenters. The minimum atomic E-state index is -0.121. The first-order valence-electron chi connectivity index (χ1n) is 19.6. The van der Waals surface area contributed by atoms with Crippen molar-refractivity contribution in [2.24, 2.45) is 9.98 Å². The highest BCUT2D eigenvalue weighted by Gasteiger charge is 2.25. The van der Waals surface area contributed by atoms with E-state index in [4.69, 9.17) is 14.4 Å². The molecule has 1 atom stereocenters. The molecule has 0 N–H and O–H groups in total. The van der Waals surface area contributed by atoms with Gasteiger partial charge in [0.1, 0.15) is 11.2 Å². The molecule has 0 bridgehead atoms. The Morgan fingerprint density at radius 2 is 1.02 bits per heavy atom. The van der Waals surface area contributed by atoms with Gasteiger partial charge in [0.05, 0.1) is 11.8 Å². The first-order valence-corrected chi connectivity index (χ1v) is 19.6. The summed E-state index contributed by atoms with van der Waals surface area (Å²) in [5.41, 5.74) is 12.9. The Bertz CT molecular complexity index is 3210. The SMILES string of the molecule is c1ccc(-c2cccc(-c3cc(C4=NC(c5ccc6ccccc6c5)CC(c5ccc6cc(-c7ccccc7)ccc6c5)=N4)cc4oc5ccccc5c34)c2)cc1. The summed E-state index contributed by atoms with van der Waals surface area (Å²) in [5.74, 6) is 0.705. The summed E-state index contributed by atoms with van der Waals surface area (Å²) in [6.07, 6.45) is 0.689. The molecule has 0 saturated carbocycles. The van der Waals surface area contributed by atoms with Crippen molar-refractivity contribution in [1.29, 1.82) is 0 Å². The molecule has 0 radical (unpaired) electrons. The normalized spacial score (nSPS) is 14.3. The van der Waals surface area contributed by atoms with E-state index in [1.54, 1.807) is 0 Å². The maximum absolute atomic E-state index is 6.62. The van der Waals surface area contributed by atoms with Gasteiger partial charge in [-0.25, -0.2) is 4.99 Å². The monoisotopic (exact) mass is 728 g/mol. The molecule has 3 heteroatoms. The van der Waals surface area contributed by atoms with Crippen molar-refractivity contribution >= 4 is 55.0 Å². The third-order valence-electron chi connectivity index (χ3n) is 11.4. The lowest BCUT2D eigenvalue weighted by Crippen LogP contribution is -2.17. The van der Waals surface area contributed by atoms with Gasteiger partial charge in [-0.1, -0.05) is 158 Å². The lowest BCUT2D eigenvalue weighted by molar-refractivity contribution is 0.669. The van der Waals surface area contributed by atoms with Crippen molar-refractivity contribution < 1.29 is 4.42 Å². The summed E-state index contributed by atoms with van der Waals surface area (Å²) in [4.78, 5) is 10.9. The number of hydrogen-bond acceptors (Lipinski definition) is 3. The summed E-state index contributed by atoms with van der Waals surface area (Å²) >= 11 is 0. The Balaban J connectivity index is 1.08. The molecule has 0 aliphatic carbocycles. The molecule has 3 nitrogen and oxygen atoms in total. The van der Waals surface area contributed by atoms with Crippen LogP contribution in [0.2, 0.25) is 0 Å². The van der Waals surface area contributed by atoms with Crippen molar-refractivity contribution in [3.63, 3.8) is 0 Å². The quantitative estimate of drug-likeness (QED) is 0.168. The van der Waals surface area contributed by atoms with E-state index in [0.717, 1.165) is 49.9 Å². The molecular weight excluding hydrogens is 693 g/mol. The van der Waals surface area contributed by atoms with Gasteiger partial charge in [0, 0.05) is 22.8 Å². The Hall–Kier alpha value is -7.36. The molecular formula is C54H36N2O. The van der Waals surface area contributed by atoms with Crippen LogP contribution in [0, 0.1) is 0 Å². The molecule has 1 aliphatic heterocycles. The second-order valence-electron chi connectivity index (χ2n) is 14.9. The Morgan fingerprint density at radius 3 is 1.82 bits per heavy atom. The first-order chi connectivity index (χ1) is 28.2. The fourth-order valence-corrected chi connectivity index (χ4v) is 8.45. The van der Waals surface area contributed by atoms with E-state index in [1.165, 1.54) is 49.4 Å². The highest BCUT2D eigenvalue weighted by Crippen LogP contribution is 2.40. The molecule has 268 valence electrons. The highest BCUT2D eigenvalue weighted by molar-refractivity contribution is 6.19. The summed E-state index contributed by atoms with van der Waals surface area (Å²) in [6, 6.07) is 71.2. The lowest BCUT2D eigenvalue weighted by Gasteiger charge is -2.22. The number of rotatable bonds is 6. The van der Waals surface area contributed by atoms with Gasteiger partial charge in [-0.15, -0.1) is 0 Å². The zero-order valence-corrected chi connectivity index (χ0v) is 31.1. The van der Waals surface area contributed by atoms with Gasteiger partial charge in [0.15, 0.2) is 5.84 Å². The molecule has 1 aliphatic rings. The number of furan rings is 1. The maximum Gasteiger partial charge on any atom is 0.155 e. The first kappa shape index (κ1) is 33.0. The van der Waals surface area contributed by atoms with Crippen molar-refractivity contribution in [3.8, 4) is 33.4 Å². The fraction of sp³-hybridized carbons (Fsp3) is 0.0370. The van der Waals surface area contributed by atoms with Crippen molar-refractivity contribution in [2.45, 2.75) is 12.5 Å². The molecule has 11 rings (SSSR count). The van der Waals surface area contributed by atoms with Crippen LogP contribution in [0.5, 0.6) is 0 Å². The van der Waals surface area contributed by atoms with Gasteiger partial charge in [-0.3, -0.25) is 4.99 Å². The highest BCUT2D eigenvalue weighted by atomic mass is 16.3. The summed E-state index contributed by atoms with van der Waals surface area (Å²) in [5, 5.41) is 7.00. The average molecular weight is 729 g/mol. The smallest absolute Gasteiger partial charge is 0.155 e. The lowest BCUT2D eigenvalue weighted by atomic mass is 9.92. The number of hydrogen-bond donors (Lipinski definition) is 0. The van der Waals surface area contributed by atoms with Gasteiger partial charge >= 0.3 is 0 Å². The summed E-state index contributed by atoms with van der Waals surface area (Å²) < 4.78 is 6.62. The van der Waals surface area contributed by atoms with E-state index < -0.39 is 0 Å². The average Bonchev–Trinajstić information content (AvgIpc) is 3.67. The minimum absolute atomic E-state index is 0.121. The summed E-state index contributed by atoms with van der Waals surface area (Å²) in [7, 11) is 0. The van der Waals surface area contributed by atoms with Gasteiger partial charge in [-0.05, 0) is 109 Å². The largest absolute Gasteiger partial charge is 0.456 e. The molecule has 2 heterocycles. The third-order valence-corrected chi connectivity index (χ3v) is 11.4. The van der Waals surface area contributed by atoms with E-state index in [-0.39, 0.29) is 6.04 Å². The molecule has 0 spiro atoms. The molecule has 1 aromatic heterocycles. The molecule has 0 fully saturated rings. The van der Waals surface area contributed by atoms with Gasteiger partial charge in [-0.2, -0.15) is 0 Å².